The minimum Gasteiger partial charge on any atom is -1.00 e. The van der Waals surface area contributed by atoms with E-state index >= 15 is 0 Å². The fourth-order valence-electron chi connectivity index (χ4n) is 0.787. The van der Waals surface area contributed by atoms with Gasteiger partial charge in [0.2, 0.25) is 10.0 Å². The van der Waals surface area contributed by atoms with Gasteiger partial charge >= 0.3 is 35.5 Å². The molecule has 1 rings (SSSR count). The molecule has 0 aromatic heterocycles. The van der Waals surface area contributed by atoms with Gasteiger partial charge in [-0.2, -0.15) is 0 Å². The minimum atomic E-state index is -3.74. The molecule has 7 heteroatoms. The van der Waals surface area contributed by atoms with Gasteiger partial charge in [0.25, 0.3) is 0 Å². The largest absolute Gasteiger partial charge is 1.00 e. The number of primary sulfonamides is 1. The maximum Gasteiger partial charge on any atom is 1.00 e. The van der Waals surface area contributed by atoms with E-state index in [1.165, 1.54) is 12.1 Å². The van der Waals surface area contributed by atoms with Gasteiger partial charge in [0.05, 0.1) is 10.5 Å². The van der Waals surface area contributed by atoms with Crippen LogP contribution in [0.1, 0.15) is 11.8 Å². The predicted octanol–water partition coefficient (Wildman–Crippen LogP) is -2.85. The fourth-order valence-corrected chi connectivity index (χ4v) is 1.30. The second-order valence-electron chi connectivity index (χ2n) is 2.37. The summed E-state index contributed by atoms with van der Waals surface area (Å²) in [6.07, 6.45) is 0. The van der Waals surface area contributed by atoms with Crippen LogP contribution >= 0.6 is 0 Å². The molecule has 3 N–H and O–H groups in total. The summed E-state index contributed by atoms with van der Waals surface area (Å²) in [5.74, 6) is -1.11. The number of rotatable bonds is 2. The van der Waals surface area contributed by atoms with Crippen molar-refractivity contribution in [3.8, 4) is 0 Å². The van der Waals surface area contributed by atoms with E-state index in [4.69, 9.17) is 10.2 Å². The number of aromatic carboxylic acids is 1. The number of sulfonamides is 1. The van der Waals surface area contributed by atoms with Gasteiger partial charge in [-0.3, -0.25) is 0 Å². The van der Waals surface area contributed by atoms with Crippen molar-refractivity contribution in [3.63, 3.8) is 0 Å². The first-order valence-electron chi connectivity index (χ1n) is 3.27. The molecule has 14 heavy (non-hydrogen) atoms. The second kappa shape index (κ2) is 4.90. The number of benzene rings is 1. The number of carboxylic acids is 1. The van der Waals surface area contributed by atoms with E-state index in [-0.39, 0.29) is 41.4 Å². The molecule has 0 fully saturated rings. The smallest absolute Gasteiger partial charge is 1.00 e. The molecule has 0 aliphatic rings. The predicted molar refractivity (Wildman–Crippen MR) is 45.9 cm³/mol. The van der Waals surface area contributed by atoms with Gasteiger partial charge in [-0.25, -0.2) is 18.4 Å². The topological polar surface area (TPSA) is 97.5 Å². The molecule has 0 atom stereocenters. The third kappa shape index (κ3) is 3.39. The number of hydrogen-bond donors (Lipinski definition) is 2. The van der Waals surface area contributed by atoms with E-state index in [1.54, 1.807) is 0 Å². The molecule has 0 aliphatic heterocycles. The molecule has 1 aromatic carbocycles. The number of carbonyl (C=O) groups is 1. The average Bonchev–Trinajstić information content (AvgIpc) is 2.03. The number of carboxylic acid groups (broad SMARTS) is 1. The zero-order valence-electron chi connectivity index (χ0n) is 8.47. The van der Waals surface area contributed by atoms with Crippen LogP contribution in [0, 0.1) is 0 Å². The van der Waals surface area contributed by atoms with Crippen molar-refractivity contribution in [2.75, 3.05) is 0 Å². The van der Waals surface area contributed by atoms with Crippen molar-refractivity contribution in [2.24, 2.45) is 5.14 Å². The molecule has 0 heterocycles. The molecule has 72 valence electrons. The van der Waals surface area contributed by atoms with E-state index in [0.29, 0.717) is 0 Å². The Bertz CT molecular complexity index is 431. The summed E-state index contributed by atoms with van der Waals surface area (Å²) in [7, 11) is -3.74. The van der Waals surface area contributed by atoms with Crippen LogP contribution in [-0.2, 0) is 10.0 Å². The first-order chi connectivity index (χ1) is 5.91. The van der Waals surface area contributed by atoms with E-state index in [0.717, 1.165) is 12.1 Å². The van der Waals surface area contributed by atoms with Gasteiger partial charge in [0.1, 0.15) is 0 Å². The Balaban J connectivity index is 0. The Morgan fingerprint density at radius 2 is 1.71 bits per heavy atom. The maximum absolute atomic E-state index is 10.7. The van der Waals surface area contributed by atoms with Crippen LogP contribution in [0.3, 0.4) is 0 Å². The first-order valence-corrected chi connectivity index (χ1v) is 4.82. The van der Waals surface area contributed by atoms with Crippen LogP contribution in [0.2, 0.25) is 0 Å². The Labute approximate surface area is 105 Å². The maximum atomic E-state index is 10.7. The molecule has 0 aliphatic carbocycles. The Morgan fingerprint density at radius 1 is 1.29 bits per heavy atom. The monoisotopic (exact) mass is 225 g/mol. The molecule has 0 bridgehead atoms. The third-order valence-corrected chi connectivity index (χ3v) is 2.36. The normalized spacial score (nSPS) is 10.4. The second-order valence-corrected chi connectivity index (χ2v) is 3.94. The van der Waals surface area contributed by atoms with Crippen LogP contribution in [0.25, 0.3) is 0 Å². The zero-order valence-corrected chi connectivity index (χ0v) is 10.3. The standard InChI is InChI=1S/C7H7NO4S.Na.H/c8-13(11,12)6-3-1-5(2-4-6)7(9)10;;/h1-4H,(H,9,10)(H2,8,11,12);;/q;+1;-1. The van der Waals surface area contributed by atoms with Gasteiger partial charge in [-0.15, -0.1) is 0 Å². The Kier molecular flexibility index (Phi) is 4.76. The summed E-state index contributed by atoms with van der Waals surface area (Å²) in [4.78, 5) is 10.3. The molecule has 0 radical (unpaired) electrons. The molecule has 0 amide bonds. The van der Waals surface area contributed by atoms with Crippen molar-refractivity contribution < 1.29 is 49.3 Å². The fraction of sp³-hybridized carbons (Fsp3) is 0. The van der Waals surface area contributed by atoms with Gasteiger partial charge < -0.3 is 6.53 Å². The Hall–Kier alpha value is -0.400. The van der Waals surface area contributed by atoms with Crippen LogP contribution in [0.4, 0.5) is 0 Å². The van der Waals surface area contributed by atoms with Crippen molar-refractivity contribution in [3.05, 3.63) is 29.8 Å². The molecular formula is C7H8NNaO4S. The molecule has 1 aromatic rings. The van der Waals surface area contributed by atoms with E-state index in [1.807, 2.05) is 0 Å². The quantitative estimate of drug-likeness (QED) is 0.529. The van der Waals surface area contributed by atoms with Crippen LogP contribution < -0.4 is 34.7 Å². The first kappa shape index (κ1) is 13.6. The van der Waals surface area contributed by atoms with Crippen LogP contribution in [0.15, 0.2) is 29.2 Å². The minimum absolute atomic E-state index is 0. The van der Waals surface area contributed by atoms with Crippen molar-refractivity contribution in [1.29, 1.82) is 0 Å². The SMILES string of the molecule is NS(=O)(=O)c1ccc(C(=O)O)cc1.[H-].[Na+]. The van der Waals surface area contributed by atoms with Crippen molar-refractivity contribution >= 4 is 16.0 Å². The van der Waals surface area contributed by atoms with Gasteiger partial charge in [-0.1, -0.05) is 0 Å². The van der Waals surface area contributed by atoms with Crippen molar-refractivity contribution in [2.45, 2.75) is 4.90 Å². The average molecular weight is 225 g/mol. The summed E-state index contributed by atoms with van der Waals surface area (Å²) in [6, 6.07) is 4.67. The summed E-state index contributed by atoms with van der Waals surface area (Å²) >= 11 is 0. The van der Waals surface area contributed by atoms with Crippen molar-refractivity contribution in [1.82, 2.24) is 0 Å². The Morgan fingerprint density at radius 3 is 2.00 bits per heavy atom. The summed E-state index contributed by atoms with van der Waals surface area (Å²) in [5, 5.41) is 13.3. The summed E-state index contributed by atoms with van der Waals surface area (Å²) in [5.41, 5.74) is 0.0207. The molecule has 0 spiro atoms. The number of nitrogens with two attached hydrogens (primary N) is 1. The summed E-state index contributed by atoms with van der Waals surface area (Å²) in [6.45, 7) is 0. The third-order valence-electron chi connectivity index (χ3n) is 1.43. The van der Waals surface area contributed by atoms with Gasteiger partial charge in [-0.05, 0) is 24.3 Å². The molecule has 0 unspecified atom stereocenters. The van der Waals surface area contributed by atoms with E-state index < -0.39 is 16.0 Å². The molecule has 5 nitrogen and oxygen atoms in total. The zero-order chi connectivity index (χ0) is 10.1. The molecule has 0 saturated heterocycles. The van der Waals surface area contributed by atoms with E-state index in [9.17, 15) is 13.2 Å². The van der Waals surface area contributed by atoms with Crippen LogP contribution in [0.5, 0.6) is 0 Å². The van der Waals surface area contributed by atoms with Gasteiger partial charge in [0.15, 0.2) is 0 Å². The van der Waals surface area contributed by atoms with Gasteiger partial charge in [0, 0.05) is 0 Å². The van der Waals surface area contributed by atoms with E-state index in [2.05, 4.69) is 0 Å². The summed E-state index contributed by atoms with van der Waals surface area (Å²) < 4.78 is 21.5. The number of hydrogen-bond acceptors (Lipinski definition) is 3. The van der Waals surface area contributed by atoms with Crippen LogP contribution in [-0.4, -0.2) is 19.5 Å². The molecule has 0 saturated carbocycles. The molecular weight excluding hydrogens is 217 g/mol.